The fourth-order valence-electron chi connectivity index (χ4n) is 4.48. The molecular weight excluding hydrogens is 405 g/mol. The summed E-state index contributed by atoms with van der Waals surface area (Å²) in [5, 5.41) is 6.07. The molecule has 2 bridgehead atoms. The van der Waals surface area contributed by atoms with Crippen molar-refractivity contribution in [3.05, 3.63) is 29.0 Å². The molecule has 8 heteroatoms. The number of nitrogens with two attached hydrogens (primary N) is 1. The highest BCUT2D eigenvalue weighted by molar-refractivity contribution is 7.13. The van der Waals surface area contributed by atoms with Gasteiger partial charge < -0.3 is 15.5 Å². The third kappa shape index (κ3) is 5.05. The Hall–Kier alpha value is -1.08. The molecule has 2 heterocycles. The van der Waals surface area contributed by atoms with Gasteiger partial charge >= 0.3 is 0 Å². The lowest BCUT2D eigenvalue weighted by molar-refractivity contribution is -0.122. The van der Waals surface area contributed by atoms with Gasteiger partial charge in [0.2, 0.25) is 5.91 Å². The fourth-order valence-corrected chi connectivity index (χ4v) is 5.26. The van der Waals surface area contributed by atoms with Crippen LogP contribution in [0.3, 0.4) is 0 Å². The summed E-state index contributed by atoms with van der Waals surface area (Å²) in [4.78, 5) is 17.1. The van der Waals surface area contributed by atoms with Gasteiger partial charge in [-0.15, -0.1) is 36.2 Å². The Balaban J connectivity index is 0.00000131. The highest BCUT2D eigenvalue weighted by Gasteiger charge is 2.39. The number of nitrogens with zero attached hydrogens (tertiary/aromatic N) is 1. The summed E-state index contributed by atoms with van der Waals surface area (Å²) < 4.78 is 5.61. The first-order chi connectivity index (χ1) is 12.1. The van der Waals surface area contributed by atoms with Crippen LogP contribution in [0.15, 0.2) is 21.9 Å². The summed E-state index contributed by atoms with van der Waals surface area (Å²) in [6, 6.07) is 4.45. The highest BCUT2D eigenvalue weighted by Crippen LogP contribution is 2.39. The number of nitrogens with one attached hydrogen (secondary N) is 1. The van der Waals surface area contributed by atoms with Crippen molar-refractivity contribution in [2.75, 3.05) is 0 Å². The molecule has 2 aromatic heterocycles. The Morgan fingerprint density at radius 1 is 1.30 bits per heavy atom. The Morgan fingerprint density at radius 3 is 2.63 bits per heavy atom. The lowest BCUT2D eigenvalue weighted by Crippen LogP contribution is -2.54. The van der Waals surface area contributed by atoms with E-state index < -0.39 is 0 Å². The largest absolute Gasteiger partial charge is 0.459 e. The van der Waals surface area contributed by atoms with Gasteiger partial charge in [-0.25, -0.2) is 4.98 Å². The molecule has 150 valence electrons. The van der Waals surface area contributed by atoms with Crippen molar-refractivity contribution >= 4 is 42.1 Å². The zero-order chi connectivity index (χ0) is 17.4. The molecule has 2 fully saturated rings. The predicted molar refractivity (Wildman–Crippen MR) is 113 cm³/mol. The maximum absolute atomic E-state index is 12.5. The van der Waals surface area contributed by atoms with Gasteiger partial charge in [0.25, 0.3) is 0 Å². The first kappa shape index (κ1) is 22.2. The van der Waals surface area contributed by atoms with E-state index in [-0.39, 0.29) is 30.7 Å². The first-order valence-electron chi connectivity index (χ1n) is 9.14. The summed E-state index contributed by atoms with van der Waals surface area (Å²) in [5.74, 6) is 2.80. The van der Waals surface area contributed by atoms with Gasteiger partial charge in [0.15, 0.2) is 10.8 Å². The van der Waals surface area contributed by atoms with Crippen LogP contribution >= 0.6 is 36.2 Å². The number of carbonyl (C=O) groups is 1. The molecule has 2 aliphatic rings. The number of rotatable bonds is 4. The monoisotopic (exact) mass is 431 g/mol. The quantitative estimate of drug-likeness (QED) is 0.762. The molecule has 0 aliphatic heterocycles. The predicted octanol–water partition coefficient (Wildman–Crippen LogP) is 4.12. The third-order valence-electron chi connectivity index (χ3n) is 5.55. The van der Waals surface area contributed by atoms with Crippen molar-refractivity contribution in [3.8, 4) is 10.8 Å². The average Bonchev–Trinajstić information content (AvgIpc) is 3.17. The number of hydrogen-bond acceptors (Lipinski definition) is 5. The minimum absolute atomic E-state index is 0. The van der Waals surface area contributed by atoms with E-state index in [4.69, 9.17) is 10.2 Å². The van der Waals surface area contributed by atoms with Gasteiger partial charge in [-0.1, -0.05) is 6.42 Å². The number of aryl methyl sites for hydroxylation is 1. The van der Waals surface area contributed by atoms with Crippen LogP contribution in [0.2, 0.25) is 0 Å². The van der Waals surface area contributed by atoms with Crippen LogP contribution in [-0.2, 0) is 11.2 Å². The minimum atomic E-state index is 0. The van der Waals surface area contributed by atoms with Crippen LogP contribution in [-0.4, -0.2) is 23.0 Å². The van der Waals surface area contributed by atoms with Crippen LogP contribution in [0, 0.1) is 18.8 Å². The maximum atomic E-state index is 12.5. The van der Waals surface area contributed by atoms with Gasteiger partial charge in [0.1, 0.15) is 5.76 Å². The second kappa shape index (κ2) is 9.41. The number of hydrogen-bond donors (Lipinski definition) is 2. The molecule has 27 heavy (non-hydrogen) atoms. The summed E-state index contributed by atoms with van der Waals surface area (Å²) in [6.45, 7) is 1.92. The van der Waals surface area contributed by atoms with Gasteiger partial charge in [-0.05, 0) is 56.6 Å². The SMILES string of the molecule is Cc1ccc(-c2nc(CC(=O)NC3C4CCCC3CC(N)C4)cs2)o1.Cl.Cl. The van der Waals surface area contributed by atoms with Crippen molar-refractivity contribution < 1.29 is 9.21 Å². The molecule has 4 rings (SSSR count). The van der Waals surface area contributed by atoms with Crippen LogP contribution < -0.4 is 11.1 Å². The Kier molecular flexibility index (Phi) is 7.74. The van der Waals surface area contributed by atoms with E-state index in [1.165, 1.54) is 30.6 Å². The van der Waals surface area contributed by atoms with E-state index in [0.29, 0.717) is 30.3 Å². The number of amides is 1. The van der Waals surface area contributed by atoms with Gasteiger partial charge in [-0.3, -0.25) is 4.79 Å². The van der Waals surface area contributed by atoms with Crippen LogP contribution in [0.4, 0.5) is 0 Å². The first-order valence-corrected chi connectivity index (χ1v) is 10.0. The number of furan rings is 1. The normalized spacial score (nSPS) is 26.6. The van der Waals surface area contributed by atoms with E-state index in [0.717, 1.165) is 35.1 Å². The molecule has 2 saturated carbocycles. The molecule has 2 aliphatic carbocycles. The van der Waals surface area contributed by atoms with Crippen molar-refractivity contribution in [1.29, 1.82) is 0 Å². The fraction of sp³-hybridized carbons (Fsp3) is 0.579. The Labute approximate surface area is 176 Å². The number of thiazole rings is 1. The lowest BCUT2D eigenvalue weighted by Gasteiger charge is -2.45. The number of carbonyl (C=O) groups excluding carboxylic acids is 1. The Morgan fingerprint density at radius 2 is 2.00 bits per heavy atom. The molecule has 3 N–H and O–H groups in total. The summed E-state index contributed by atoms with van der Waals surface area (Å²) in [5.41, 5.74) is 6.98. The standard InChI is InChI=1S/C19H25N3O2S.2ClH/c1-11-5-6-16(24-11)19-21-15(10-25-19)9-17(23)22-18-12-3-2-4-13(18)8-14(20)7-12;;/h5-6,10,12-14,18H,2-4,7-9,20H2,1H3,(H,22,23);2*1H. The maximum Gasteiger partial charge on any atom is 0.226 e. The highest BCUT2D eigenvalue weighted by atomic mass is 35.5. The van der Waals surface area contributed by atoms with Crippen LogP contribution in [0.5, 0.6) is 0 Å². The molecule has 0 spiro atoms. The Bertz CT molecular complexity index is 750. The van der Waals surface area contributed by atoms with E-state index in [1.54, 1.807) is 0 Å². The number of fused-ring (bicyclic) bond motifs is 2. The summed E-state index contributed by atoms with van der Waals surface area (Å²) in [6.07, 6.45) is 6.06. The molecule has 2 aromatic rings. The van der Waals surface area contributed by atoms with Crippen LogP contribution in [0.1, 0.15) is 43.6 Å². The number of aromatic nitrogens is 1. The molecular formula is C19H27Cl2N3O2S. The van der Waals surface area contributed by atoms with Gasteiger partial charge in [-0.2, -0.15) is 0 Å². The second-order valence-electron chi connectivity index (χ2n) is 7.51. The van der Waals surface area contributed by atoms with E-state index in [9.17, 15) is 4.79 Å². The van der Waals surface area contributed by atoms with Gasteiger partial charge in [0, 0.05) is 17.5 Å². The van der Waals surface area contributed by atoms with Crippen LogP contribution in [0.25, 0.3) is 10.8 Å². The average molecular weight is 432 g/mol. The van der Waals surface area contributed by atoms with E-state index >= 15 is 0 Å². The van der Waals surface area contributed by atoms with Gasteiger partial charge in [0.05, 0.1) is 12.1 Å². The van der Waals surface area contributed by atoms with Crippen molar-refractivity contribution in [1.82, 2.24) is 10.3 Å². The van der Waals surface area contributed by atoms with Crippen molar-refractivity contribution in [2.45, 2.75) is 57.5 Å². The molecule has 1 amide bonds. The van der Waals surface area contributed by atoms with Crippen molar-refractivity contribution in [2.24, 2.45) is 17.6 Å². The zero-order valence-electron chi connectivity index (χ0n) is 15.3. The molecule has 0 saturated heterocycles. The molecule has 0 radical (unpaired) electrons. The van der Waals surface area contributed by atoms with Crippen molar-refractivity contribution in [3.63, 3.8) is 0 Å². The molecule has 5 nitrogen and oxygen atoms in total. The smallest absolute Gasteiger partial charge is 0.226 e. The summed E-state index contributed by atoms with van der Waals surface area (Å²) in [7, 11) is 0. The lowest BCUT2D eigenvalue weighted by atomic mass is 9.67. The molecule has 2 unspecified atom stereocenters. The second-order valence-corrected chi connectivity index (χ2v) is 8.37. The topological polar surface area (TPSA) is 81.2 Å². The number of halogens is 2. The summed E-state index contributed by atoms with van der Waals surface area (Å²) >= 11 is 1.52. The minimum Gasteiger partial charge on any atom is -0.459 e. The third-order valence-corrected chi connectivity index (χ3v) is 6.45. The van der Waals surface area contributed by atoms with E-state index in [2.05, 4.69) is 10.3 Å². The zero-order valence-corrected chi connectivity index (χ0v) is 17.8. The van der Waals surface area contributed by atoms with E-state index in [1.807, 2.05) is 24.4 Å². The molecule has 2 atom stereocenters. The molecule has 0 aromatic carbocycles.